The molecule has 0 aromatic heterocycles. The third-order valence-electron chi connectivity index (χ3n) is 4.02. The summed E-state index contributed by atoms with van der Waals surface area (Å²) in [5.41, 5.74) is 0.689. The number of rotatable bonds is 2. The molecule has 4 heteroatoms. The van der Waals surface area contributed by atoms with Crippen LogP contribution in [0, 0.1) is 11.3 Å². The van der Waals surface area contributed by atoms with Crippen molar-refractivity contribution < 1.29 is 19.1 Å². The molecule has 0 spiro atoms. The Balaban J connectivity index is 2.42. The zero-order valence-corrected chi connectivity index (χ0v) is 11.2. The van der Waals surface area contributed by atoms with Crippen LogP contribution >= 0.6 is 0 Å². The Morgan fingerprint density at radius 3 is 2.68 bits per heavy atom. The number of allylic oxidation sites excluding steroid dienone is 5. The maximum atomic E-state index is 12.0. The van der Waals surface area contributed by atoms with E-state index in [0.717, 1.165) is 5.57 Å². The van der Waals surface area contributed by atoms with Crippen LogP contribution in [-0.2, 0) is 19.1 Å². The Labute approximate surface area is 111 Å². The summed E-state index contributed by atoms with van der Waals surface area (Å²) in [5, 5.41) is 0. The number of ether oxygens (including phenoxy) is 1. The van der Waals surface area contributed by atoms with E-state index in [1.54, 1.807) is 12.2 Å². The fraction of sp³-hybridized carbons (Fsp3) is 0.400. The number of ketones is 2. The quantitative estimate of drug-likeness (QED) is 0.710. The van der Waals surface area contributed by atoms with E-state index in [-0.39, 0.29) is 23.9 Å². The first-order valence-corrected chi connectivity index (χ1v) is 6.15. The summed E-state index contributed by atoms with van der Waals surface area (Å²) in [7, 11) is 1.29. The normalized spacial score (nSPS) is 29.5. The first kappa shape index (κ1) is 13.5. The van der Waals surface area contributed by atoms with Crippen molar-refractivity contribution in [2.24, 2.45) is 11.3 Å². The van der Waals surface area contributed by atoms with Crippen LogP contribution < -0.4 is 0 Å². The molecule has 4 nitrogen and oxygen atoms in total. The number of hydrogen-bond donors (Lipinski definition) is 0. The third kappa shape index (κ3) is 2.18. The molecule has 0 amide bonds. The van der Waals surface area contributed by atoms with Gasteiger partial charge in [0.15, 0.2) is 11.6 Å². The molecule has 2 aliphatic rings. The molecule has 0 N–H and O–H groups in total. The minimum absolute atomic E-state index is 0.0302. The van der Waals surface area contributed by atoms with Crippen molar-refractivity contribution in [1.82, 2.24) is 0 Å². The van der Waals surface area contributed by atoms with Gasteiger partial charge in [-0.15, -0.1) is 0 Å². The molecule has 0 saturated carbocycles. The number of methoxy groups -OCH3 is 1. The Hall–Kier alpha value is -1.97. The van der Waals surface area contributed by atoms with E-state index in [0.29, 0.717) is 5.57 Å². The van der Waals surface area contributed by atoms with Gasteiger partial charge in [0, 0.05) is 16.9 Å². The van der Waals surface area contributed by atoms with E-state index in [4.69, 9.17) is 0 Å². The molecule has 0 heterocycles. The predicted molar refractivity (Wildman–Crippen MR) is 69.2 cm³/mol. The average Bonchev–Trinajstić information content (AvgIpc) is 2.38. The lowest BCUT2D eigenvalue weighted by atomic mass is 9.64. The Kier molecular flexibility index (Phi) is 3.27. The van der Waals surface area contributed by atoms with E-state index < -0.39 is 11.4 Å². The predicted octanol–water partition coefficient (Wildman–Crippen LogP) is 1.77. The fourth-order valence-electron chi connectivity index (χ4n) is 2.49. The average molecular weight is 260 g/mol. The molecule has 0 aliphatic heterocycles. The first-order chi connectivity index (χ1) is 8.88. The monoisotopic (exact) mass is 260 g/mol. The number of hydrogen-bond acceptors (Lipinski definition) is 4. The van der Waals surface area contributed by atoms with E-state index in [9.17, 15) is 14.4 Å². The highest BCUT2D eigenvalue weighted by atomic mass is 16.5. The lowest BCUT2D eigenvalue weighted by Gasteiger charge is -2.38. The summed E-state index contributed by atoms with van der Waals surface area (Å²) in [5.74, 6) is -0.860. The molecule has 2 rings (SSSR count). The van der Waals surface area contributed by atoms with E-state index in [2.05, 4.69) is 4.74 Å². The topological polar surface area (TPSA) is 60.4 Å². The highest BCUT2D eigenvalue weighted by Gasteiger charge is 2.41. The molecule has 0 bridgehead atoms. The number of esters is 1. The van der Waals surface area contributed by atoms with Crippen molar-refractivity contribution in [2.45, 2.75) is 20.3 Å². The second-order valence-corrected chi connectivity index (χ2v) is 5.13. The summed E-state index contributed by atoms with van der Waals surface area (Å²) in [6, 6.07) is 0. The molecule has 0 fully saturated rings. The van der Waals surface area contributed by atoms with Crippen LogP contribution in [0.3, 0.4) is 0 Å². The fourth-order valence-corrected chi connectivity index (χ4v) is 2.49. The van der Waals surface area contributed by atoms with Crippen LogP contribution in [0.25, 0.3) is 0 Å². The maximum Gasteiger partial charge on any atom is 0.310 e. The zero-order chi connectivity index (χ0) is 14.2. The SMILES string of the molecule is COC(=O)CC1=C[C@@]2(C)C(=CC1=O)C=CC(=O)[C@@H]2C. The van der Waals surface area contributed by atoms with Gasteiger partial charge in [-0.25, -0.2) is 0 Å². The molecular weight excluding hydrogens is 244 g/mol. The lowest BCUT2D eigenvalue weighted by Crippen LogP contribution is -2.36. The number of carbonyl (C=O) groups excluding carboxylic acids is 3. The van der Waals surface area contributed by atoms with Crippen molar-refractivity contribution >= 4 is 17.5 Å². The van der Waals surface area contributed by atoms with Crippen molar-refractivity contribution in [3.8, 4) is 0 Å². The van der Waals surface area contributed by atoms with Gasteiger partial charge in [-0.1, -0.05) is 26.0 Å². The summed E-state index contributed by atoms with van der Waals surface area (Å²) in [6.45, 7) is 3.75. The van der Waals surface area contributed by atoms with Gasteiger partial charge in [-0.05, 0) is 17.7 Å². The molecule has 0 unspecified atom stereocenters. The molecular formula is C15H16O4. The molecule has 2 atom stereocenters. The van der Waals surface area contributed by atoms with Gasteiger partial charge >= 0.3 is 5.97 Å². The number of carbonyl (C=O) groups is 3. The Bertz CT molecular complexity index is 550. The second-order valence-electron chi connectivity index (χ2n) is 5.13. The van der Waals surface area contributed by atoms with E-state index >= 15 is 0 Å². The highest BCUT2D eigenvalue weighted by Crippen LogP contribution is 2.44. The molecule has 0 aromatic carbocycles. The van der Waals surface area contributed by atoms with Gasteiger partial charge < -0.3 is 4.74 Å². The standard InChI is InChI=1S/C15H16O4/c1-9-12(16)5-4-11-7-13(17)10(6-14(18)19-3)8-15(9,11)2/h4-5,7-9H,6H2,1-3H3/t9-,15+/m0/s1. The van der Waals surface area contributed by atoms with Crippen molar-refractivity contribution in [3.05, 3.63) is 35.5 Å². The van der Waals surface area contributed by atoms with Gasteiger partial charge in [-0.2, -0.15) is 0 Å². The minimum Gasteiger partial charge on any atom is -0.469 e. The van der Waals surface area contributed by atoms with Crippen molar-refractivity contribution in [1.29, 1.82) is 0 Å². The second kappa shape index (κ2) is 4.61. The summed E-state index contributed by atoms with van der Waals surface area (Å²) in [6.07, 6.45) is 6.39. The molecule has 19 heavy (non-hydrogen) atoms. The largest absolute Gasteiger partial charge is 0.469 e. The van der Waals surface area contributed by atoms with Crippen LogP contribution in [0.4, 0.5) is 0 Å². The summed E-state index contributed by atoms with van der Waals surface area (Å²) in [4.78, 5) is 35.1. The van der Waals surface area contributed by atoms with Crippen LogP contribution in [0.15, 0.2) is 35.5 Å². The van der Waals surface area contributed by atoms with Crippen molar-refractivity contribution in [3.63, 3.8) is 0 Å². The van der Waals surface area contributed by atoms with Crippen molar-refractivity contribution in [2.75, 3.05) is 7.11 Å². The van der Waals surface area contributed by atoms with Gasteiger partial charge in [0.2, 0.25) is 0 Å². The van der Waals surface area contributed by atoms with Crippen LogP contribution in [0.1, 0.15) is 20.3 Å². The summed E-state index contributed by atoms with van der Waals surface area (Å²) >= 11 is 0. The van der Waals surface area contributed by atoms with Crippen LogP contribution in [0.5, 0.6) is 0 Å². The zero-order valence-electron chi connectivity index (χ0n) is 11.2. The Morgan fingerprint density at radius 2 is 2.05 bits per heavy atom. The highest BCUT2D eigenvalue weighted by molar-refractivity contribution is 6.09. The van der Waals surface area contributed by atoms with E-state index in [1.807, 2.05) is 13.8 Å². The van der Waals surface area contributed by atoms with Crippen LogP contribution in [0.2, 0.25) is 0 Å². The molecule has 0 saturated heterocycles. The van der Waals surface area contributed by atoms with Gasteiger partial charge in [-0.3, -0.25) is 14.4 Å². The third-order valence-corrected chi connectivity index (χ3v) is 4.02. The molecule has 100 valence electrons. The molecule has 2 aliphatic carbocycles. The van der Waals surface area contributed by atoms with E-state index in [1.165, 1.54) is 19.3 Å². The molecule has 0 radical (unpaired) electrons. The lowest BCUT2D eigenvalue weighted by molar-refractivity contribution is -0.140. The maximum absolute atomic E-state index is 12.0. The first-order valence-electron chi connectivity index (χ1n) is 6.15. The summed E-state index contributed by atoms with van der Waals surface area (Å²) < 4.78 is 4.58. The Morgan fingerprint density at radius 1 is 1.37 bits per heavy atom. The van der Waals surface area contributed by atoms with Gasteiger partial charge in [0.1, 0.15) is 0 Å². The van der Waals surface area contributed by atoms with Crippen LogP contribution in [-0.4, -0.2) is 24.6 Å². The van der Waals surface area contributed by atoms with Gasteiger partial charge in [0.25, 0.3) is 0 Å². The smallest absolute Gasteiger partial charge is 0.310 e. The molecule has 0 aromatic rings. The minimum atomic E-state index is -0.525. The van der Waals surface area contributed by atoms with Gasteiger partial charge in [0.05, 0.1) is 13.5 Å². The number of fused-ring (bicyclic) bond motifs is 1.